The van der Waals surface area contributed by atoms with E-state index in [1.165, 1.54) is 0 Å². The molecule has 0 amide bonds. The van der Waals surface area contributed by atoms with Gasteiger partial charge in [-0.25, -0.2) is 0 Å². The number of aliphatic hydroxyl groups excluding tert-OH is 5. The minimum Gasteiger partial charge on any atom is -0.396 e. The summed E-state index contributed by atoms with van der Waals surface area (Å²) < 4.78 is 0. The number of hydrogen-bond acceptors (Lipinski definition) is 5. The highest BCUT2D eigenvalue weighted by atomic mass is 16.4. The number of hydrogen-bond donors (Lipinski definition) is 5. The van der Waals surface area contributed by atoms with Gasteiger partial charge in [-0.3, -0.25) is 0 Å². The van der Waals surface area contributed by atoms with Gasteiger partial charge in [-0.2, -0.15) is 0 Å². The van der Waals surface area contributed by atoms with Gasteiger partial charge in [-0.15, -0.1) is 0 Å². The summed E-state index contributed by atoms with van der Waals surface area (Å²) >= 11 is 0. The fourth-order valence-electron chi connectivity index (χ4n) is 1.85. The molecule has 0 bridgehead atoms. The van der Waals surface area contributed by atoms with Crippen molar-refractivity contribution in [2.24, 2.45) is 11.8 Å². The largest absolute Gasteiger partial charge is 0.396 e. The summed E-state index contributed by atoms with van der Waals surface area (Å²) in [5.41, 5.74) is 0. The van der Waals surface area contributed by atoms with Crippen LogP contribution in [-0.2, 0) is 0 Å². The summed E-state index contributed by atoms with van der Waals surface area (Å²) in [6.45, 7) is -0.498. The lowest BCUT2D eigenvalue weighted by Gasteiger charge is -2.39. The third-order valence-electron chi connectivity index (χ3n) is 2.78. The van der Waals surface area contributed by atoms with Crippen molar-refractivity contribution in [2.75, 3.05) is 13.2 Å². The van der Waals surface area contributed by atoms with Crippen LogP contribution in [0.4, 0.5) is 0 Å². The van der Waals surface area contributed by atoms with Crippen LogP contribution < -0.4 is 0 Å². The van der Waals surface area contributed by atoms with Crippen LogP contribution in [0.25, 0.3) is 0 Å². The smallest absolute Gasteiger partial charge is 0.106 e. The quantitative estimate of drug-likeness (QED) is 0.338. The molecule has 13 heavy (non-hydrogen) atoms. The van der Waals surface area contributed by atoms with Crippen LogP contribution >= 0.6 is 0 Å². The fourth-order valence-corrected chi connectivity index (χ4v) is 1.85. The van der Waals surface area contributed by atoms with Crippen LogP contribution in [0.2, 0.25) is 0 Å². The molecule has 0 aromatic rings. The van der Waals surface area contributed by atoms with E-state index in [1.807, 2.05) is 0 Å². The third-order valence-corrected chi connectivity index (χ3v) is 2.78. The molecule has 1 aliphatic rings. The first-order valence-corrected chi connectivity index (χ1v) is 4.37. The van der Waals surface area contributed by atoms with E-state index in [4.69, 9.17) is 10.2 Å². The number of rotatable bonds is 2. The molecule has 0 heterocycles. The average molecular weight is 192 g/mol. The molecule has 0 aromatic carbocycles. The van der Waals surface area contributed by atoms with E-state index < -0.39 is 24.2 Å². The van der Waals surface area contributed by atoms with E-state index in [-0.39, 0.29) is 25.6 Å². The van der Waals surface area contributed by atoms with Crippen molar-refractivity contribution in [3.8, 4) is 0 Å². The van der Waals surface area contributed by atoms with Crippen molar-refractivity contribution in [2.45, 2.75) is 24.7 Å². The van der Waals surface area contributed by atoms with Crippen molar-refractivity contribution in [3.63, 3.8) is 0 Å². The maximum atomic E-state index is 9.43. The van der Waals surface area contributed by atoms with Crippen molar-refractivity contribution < 1.29 is 25.5 Å². The lowest BCUT2D eigenvalue weighted by Crippen LogP contribution is -2.52. The first-order valence-electron chi connectivity index (χ1n) is 4.37. The minimum absolute atomic E-state index is 0.202. The predicted molar refractivity (Wildman–Crippen MR) is 43.8 cm³/mol. The molecular weight excluding hydrogens is 176 g/mol. The highest BCUT2D eigenvalue weighted by Crippen LogP contribution is 2.30. The molecular formula is C8H16O5. The van der Waals surface area contributed by atoms with E-state index in [0.29, 0.717) is 0 Å². The van der Waals surface area contributed by atoms with Crippen LogP contribution in [-0.4, -0.2) is 57.1 Å². The predicted octanol–water partition coefficient (Wildman–Crippen LogP) is -2.31. The third kappa shape index (κ3) is 2.00. The van der Waals surface area contributed by atoms with Crippen molar-refractivity contribution in [1.82, 2.24) is 0 Å². The monoisotopic (exact) mass is 192 g/mol. The Labute approximate surface area is 76.3 Å². The van der Waals surface area contributed by atoms with Gasteiger partial charge >= 0.3 is 0 Å². The topological polar surface area (TPSA) is 101 Å². The second-order valence-corrected chi connectivity index (χ2v) is 3.57. The highest BCUT2D eigenvalue weighted by molar-refractivity contribution is 4.91. The summed E-state index contributed by atoms with van der Waals surface area (Å²) in [4.78, 5) is 0. The van der Waals surface area contributed by atoms with Crippen molar-refractivity contribution in [3.05, 3.63) is 0 Å². The van der Waals surface area contributed by atoms with Crippen LogP contribution in [0.15, 0.2) is 0 Å². The van der Waals surface area contributed by atoms with Crippen molar-refractivity contribution in [1.29, 1.82) is 0 Å². The summed E-state index contributed by atoms with van der Waals surface area (Å²) in [6.07, 6.45) is -3.19. The van der Waals surface area contributed by atoms with Gasteiger partial charge in [-0.05, 0) is 12.3 Å². The van der Waals surface area contributed by atoms with Gasteiger partial charge in [0.15, 0.2) is 0 Å². The van der Waals surface area contributed by atoms with E-state index in [1.54, 1.807) is 0 Å². The van der Waals surface area contributed by atoms with Gasteiger partial charge in [0, 0.05) is 19.1 Å². The molecule has 5 N–H and O–H groups in total. The maximum absolute atomic E-state index is 9.43. The molecule has 0 aliphatic heterocycles. The minimum atomic E-state index is -1.22. The van der Waals surface area contributed by atoms with Gasteiger partial charge in [0.1, 0.15) is 6.10 Å². The number of aliphatic hydroxyl groups is 5. The molecule has 0 unspecified atom stereocenters. The molecule has 5 nitrogen and oxygen atoms in total. The summed E-state index contributed by atoms with van der Waals surface area (Å²) in [6, 6.07) is 0. The zero-order valence-electron chi connectivity index (χ0n) is 7.24. The molecule has 0 saturated heterocycles. The summed E-state index contributed by atoms with van der Waals surface area (Å²) in [7, 11) is 0. The molecule has 0 radical (unpaired) electrons. The molecule has 1 aliphatic carbocycles. The molecule has 78 valence electrons. The molecule has 5 heteroatoms. The molecule has 5 atom stereocenters. The zero-order valence-corrected chi connectivity index (χ0v) is 7.24. The van der Waals surface area contributed by atoms with E-state index >= 15 is 0 Å². The molecule has 0 aromatic heterocycles. The Bertz CT molecular complexity index is 161. The standard InChI is InChI=1S/C8H16O5/c9-2-4-1-6(11)8(13)7(12)5(4)3-10/h4-13H,1-3H2/t4-,5+,6+,7+,8-/m1/s1. The van der Waals surface area contributed by atoms with E-state index in [2.05, 4.69) is 0 Å². The molecule has 1 fully saturated rings. The van der Waals surface area contributed by atoms with Gasteiger partial charge in [0.25, 0.3) is 0 Å². The van der Waals surface area contributed by atoms with Crippen LogP contribution in [0.1, 0.15) is 6.42 Å². The van der Waals surface area contributed by atoms with Crippen LogP contribution in [0.3, 0.4) is 0 Å². The van der Waals surface area contributed by atoms with Gasteiger partial charge < -0.3 is 25.5 Å². The van der Waals surface area contributed by atoms with Gasteiger partial charge in [0.2, 0.25) is 0 Å². The normalized spacial score (nSPS) is 46.4. The Hall–Kier alpha value is -0.200. The maximum Gasteiger partial charge on any atom is 0.106 e. The van der Waals surface area contributed by atoms with Crippen LogP contribution in [0, 0.1) is 11.8 Å². The summed E-state index contributed by atoms with van der Waals surface area (Å²) in [5.74, 6) is -0.901. The Morgan fingerprint density at radius 2 is 1.54 bits per heavy atom. The first kappa shape index (κ1) is 10.9. The van der Waals surface area contributed by atoms with Crippen molar-refractivity contribution >= 4 is 0 Å². The Morgan fingerprint density at radius 1 is 0.923 bits per heavy atom. The molecule has 0 spiro atoms. The van der Waals surface area contributed by atoms with E-state index in [9.17, 15) is 15.3 Å². The first-order chi connectivity index (χ1) is 6.11. The van der Waals surface area contributed by atoms with Gasteiger partial charge in [-0.1, -0.05) is 0 Å². The molecule has 1 rings (SSSR count). The Morgan fingerprint density at radius 3 is 2.00 bits per heavy atom. The average Bonchev–Trinajstić information content (AvgIpc) is 2.13. The summed E-state index contributed by atoms with van der Waals surface area (Å²) in [5, 5.41) is 45.8. The second kappa shape index (κ2) is 4.34. The van der Waals surface area contributed by atoms with Gasteiger partial charge in [0.05, 0.1) is 12.2 Å². The fraction of sp³-hybridized carbons (Fsp3) is 1.00. The Balaban J connectivity index is 2.69. The Kier molecular flexibility index (Phi) is 3.63. The van der Waals surface area contributed by atoms with Crippen LogP contribution in [0.5, 0.6) is 0 Å². The lowest BCUT2D eigenvalue weighted by molar-refractivity contribution is -0.144. The molecule has 1 saturated carbocycles. The zero-order chi connectivity index (χ0) is 10.0. The highest BCUT2D eigenvalue weighted by Gasteiger charge is 2.41. The SMILES string of the molecule is OC[C@H]1C[C@H](O)[C@@H](O)[C@@H](O)[C@H]1CO. The second-order valence-electron chi connectivity index (χ2n) is 3.57. The lowest BCUT2D eigenvalue weighted by atomic mass is 9.75. The van der Waals surface area contributed by atoms with E-state index in [0.717, 1.165) is 0 Å².